The van der Waals surface area contributed by atoms with Crippen LogP contribution in [-0.4, -0.2) is 29.4 Å². The number of benzene rings is 1. The van der Waals surface area contributed by atoms with Crippen LogP contribution in [0, 0.1) is 11.3 Å². The van der Waals surface area contributed by atoms with Gasteiger partial charge < -0.3 is 0 Å². The highest BCUT2D eigenvalue weighted by Gasteiger charge is 2.19. The highest BCUT2D eigenvalue weighted by atomic mass is 32.2. The topological polar surface area (TPSA) is 92.8 Å². The summed E-state index contributed by atoms with van der Waals surface area (Å²) in [4.78, 5) is 15.8. The molecule has 0 amide bonds. The second-order valence-electron chi connectivity index (χ2n) is 4.45. The van der Waals surface area contributed by atoms with E-state index in [-0.39, 0.29) is 17.1 Å². The molecule has 1 heterocycles. The summed E-state index contributed by atoms with van der Waals surface area (Å²) in [6.07, 6.45) is 2.10. The number of rotatable bonds is 4. The van der Waals surface area contributed by atoms with Crippen molar-refractivity contribution in [2.24, 2.45) is 0 Å². The Kier molecular flexibility index (Phi) is 3.59. The summed E-state index contributed by atoms with van der Waals surface area (Å²) >= 11 is 0. The van der Waals surface area contributed by atoms with Crippen molar-refractivity contribution in [3.8, 4) is 6.07 Å². The smallest absolute Gasteiger partial charge is 0.238 e. The van der Waals surface area contributed by atoms with E-state index >= 15 is 0 Å². The van der Waals surface area contributed by atoms with E-state index in [4.69, 9.17) is 5.26 Å². The zero-order valence-electron chi connectivity index (χ0n) is 11.1. The summed E-state index contributed by atoms with van der Waals surface area (Å²) < 4.78 is 24.4. The van der Waals surface area contributed by atoms with Crippen molar-refractivity contribution in [2.75, 3.05) is 6.26 Å². The van der Waals surface area contributed by atoms with Crippen LogP contribution < -0.4 is 0 Å². The van der Waals surface area contributed by atoms with Gasteiger partial charge in [-0.05, 0) is 24.6 Å². The molecular formula is C13H13N3O3S. The number of aromatic nitrogens is 2. The summed E-state index contributed by atoms with van der Waals surface area (Å²) in [6.45, 7) is 1.89. The number of carbonyl (C=O) groups is 1. The maximum absolute atomic E-state index is 11.9. The number of carbonyl (C=O) groups excluding carboxylic acids is 1. The van der Waals surface area contributed by atoms with Crippen molar-refractivity contribution < 1.29 is 13.2 Å². The summed E-state index contributed by atoms with van der Waals surface area (Å²) in [5, 5.41) is 8.98. The van der Waals surface area contributed by atoms with Crippen molar-refractivity contribution in [2.45, 2.75) is 19.8 Å². The third kappa shape index (κ3) is 2.42. The fourth-order valence-electron chi connectivity index (χ4n) is 2.01. The third-order valence-electron chi connectivity index (χ3n) is 2.84. The lowest BCUT2D eigenvalue weighted by molar-refractivity contribution is 0.0982. The number of hydrogen-bond donors (Lipinski definition) is 0. The molecule has 0 fully saturated rings. The first kappa shape index (κ1) is 14.2. The van der Waals surface area contributed by atoms with Crippen LogP contribution in [0.15, 0.2) is 18.2 Å². The van der Waals surface area contributed by atoms with Gasteiger partial charge in [-0.2, -0.15) is 5.26 Å². The van der Waals surface area contributed by atoms with Crippen LogP contribution in [0.2, 0.25) is 0 Å². The predicted octanol–water partition coefficient (Wildman–Crippen LogP) is 1.70. The maximum atomic E-state index is 11.9. The molecule has 1 aromatic heterocycles. The molecule has 2 rings (SSSR count). The van der Waals surface area contributed by atoms with Gasteiger partial charge in [0.1, 0.15) is 6.07 Å². The number of nitriles is 1. The molecule has 104 valence electrons. The first-order chi connectivity index (χ1) is 9.38. The molecular weight excluding hydrogens is 278 g/mol. The number of hydrogen-bond acceptors (Lipinski definition) is 5. The van der Waals surface area contributed by atoms with Gasteiger partial charge in [0.05, 0.1) is 17.3 Å². The van der Waals surface area contributed by atoms with Crippen LogP contribution in [0.5, 0.6) is 0 Å². The molecule has 0 aliphatic carbocycles. The van der Waals surface area contributed by atoms with Crippen molar-refractivity contribution in [1.29, 1.82) is 5.26 Å². The molecule has 6 nitrogen and oxygen atoms in total. The molecule has 0 bridgehead atoms. The summed E-state index contributed by atoms with van der Waals surface area (Å²) in [7, 11) is -3.66. The first-order valence-electron chi connectivity index (χ1n) is 6.05. The van der Waals surface area contributed by atoms with Crippen LogP contribution >= 0.6 is 0 Å². The Labute approximate surface area is 116 Å². The van der Waals surface area contributed by atoms with Gasteiger partial charge in [-0.15, -0.1) is 0 Å². The lowest BCUT2D eigenvalue weighted by Crippen LogP contribution is -2.12. The lowest BCUT2D eigenvalue weighted by Gasteiger charge is -2.03. The SMILES string of the molecule is CCCC(=O)c1ccc2nc(C#N)n(S(C)(=O)=O)c2c1. The minimum atomic E-state index is -3.66. The number of ketones is 1. The van der Waals surface area contributed by atoms with Crippen LogP contribution in [0.1, 0.15) is 35.9 Å². The highest BCUT2D eigenvalue weighted by molar-refractivity contribution is 7.89. The fraction of sp³-hybridized carbons (Fsp3) is 0.308. The van der Waals surface area contributed by atoms with E-state index in [2.05, 4.69) is 4.98 Å². The summed E-state index contributed by atoms with van der Waals surface area (Å²) in [5.74, 6) is -0.267. The Hall–Kier alpha value is -2.20. The van der Waals surface area contributed by atoms with Crippen LogP contribution in [-0.2, 0) is 10.0 Å². The lowest BCUT2D eigenvalue weighted by atomic mass is 10.1. The number of imidazole rings is 1. The van der Waals surface area contributed by atoms with Gasteiger partial charge in [0.25, 0.3) is 0 Å². The molecule has 0 atom stereocenters. The van der Waals surface area contributed by atoms with E-state index in [0.29, 0.717) is 23.9 Å². The average molecular weight is 291 g/mol. The molecule has 7 heteroatoms. The minimum Gasteiger partial charge on any atom is -0.294 e. The van der Waals surface area contributed by atoms with E-state index in [1.54, 1.807) is 18.2 Å². The van der Waals surface area contributed by atoms with E-state index in [1.165, 1.54) is 6.07 Å². The van der Waals surface area contributed by atoms with Crippen LogP contribution in [0.4, 0.5) is 0 Å². The summed E-state index contributed by atoms with van der Waals surface area (Å²) in [6, 6.07) is 6.38. The Balaban J connectivity index is 2.74. The highest BCUT2D eigenvalue weighted by Crippen LogP contribution is 2.20. The molecule has 0 unspecified atom stereocenters. The van der Waals surface area contributed by atoms with Crippen LogP contribution in [0.3, 0.4) is 0 Å². The van der Waals surface area contributed by atoms with E-state index in [9.17, 15) is 13.2 Å². The zero-order chi connectivity index (χ0) is 14.9. The van der Waals surface area contributed by atoms with E-state index in [1.807, 2.05) is 6.92 Å². The zero-order valence-corrected chi connectivity index (χ0v) is 11.9. The van der Waals surface area contributed by atoms with Gasteiger partial charge >= 0.3 is 0 Å². The van der Waals surface area contributed by atoms with Gasteiger partial charge in [0, 0.05) is 12.0 Å². The number of fused-ring (bicyclic) bond motifs is 1. The average Bonchev–Trinajstić information content (AvgIpc) is 2.76. The second kappa shape index (κ2) is 5.06. The maximum Gasteiger partial charge on any atom is 0.238 e. The van der Waals surface area contributed by atoms with Crippen molar-refractivity contribution >= 4 is 26.8 Å². The molecule has 0 saturated heterocycles. The standard InChI is InChI=1S/C13H13N3O3S/c1-3-4-12(17)9-5-6-10-11(7-9)16(20(2,18)19)13(8-14)15-10/h5-7H,3-4H2,1-2H3. The molecule has 0 N–H and O–H groups in total. The van der Waals surface area contributed by atoms with Crippen molar-refractivity contribution in [3.63, 3.8) is 0 Å². The van der Waals surface area contributed by atoms with E-state index in [0.717, 1.165) is 10.2 Å². The van der Waals surface area contributed by atoms with E-state index < -0.39 is 10.0 Å². The largest absolute Gasteiger partial charge is 0.294 e. The van der Waals surface area contributed by atoms with Gasteiger partial charge in [-0.1, -0.05) is 6.92 Å². The van der Waals surface area contributed by atoms with Crippen molar-refractivity contribution in [1.82, 2.24) is 8.96 Å². The molecule has 0 saturated carbocycles. The quantitative estimate of drug-likeness (QED) is 0.799. The van der Waals surface area contributed by atoms with Gasteiger partial charge in [-0.3, -0.25) is 4.79 Å². The molecule has 0 spiro atoms. The predicted molar refractivity (Wildman–Crippen MR) is 73.9 cm³/mol. The molecule has 2 aromatic rings. The monoisotopic (exact) mass is 291 g/mol. The normalized spacial score (nSPS) is 11.4. The molecule has 0 radical (unpaired) electrons. The minimum absolute atomic E-state index is 0.0610. The van der Waals surface area contributed by atoms with Crippen LogP contribution in [0.25, 0.3) is 11.0 Å². The first-order valence-corrected chi connectivity index (χ1v) is 7.89. The second-order valence-corrected chi connectivity index (χ2v) is 6.28. The molecule has 20 heavy (non-hydrogen) atoms. The fourth-order valence-corrected chi connectivity index (χ4v) is 2.90. The van der Waals surface area contributed by atoms with Gasteiger partial charge in [-0.25, -0.2) is 17.4 Å². The Morgan fingerprint density at radius 3 is 2.70 bits per heavy atom. The Morgan fingerprint density at radius 1 is 1.45 bits per heavy atom. The number of Topliss-reactive ketones (excluding diaryl/α,β-unsaturated/α-hetero) is 1. The van der Waals surface area contributed by atoms with Gasteiger partial charge in [0.2, 0.25) is 15.8 Å². The number of nitrogens with zero attached hydrogens (tertiary/aromatic N) is 3. The molecule has 1 aromatic carbocycles. The summed E-state index contributed by atoms with van der Waals surface area (Å²) in [5.41, 5.74) is 1.06. The van der Waals surface area contributed by atoms with Crippen molar-refractivity contribution in [3.05, 3.63) is 29.6 Å². The third-order valence-corrected chi connectivity index (χ3v) is 3.88. The van der Waals surface area contributed by atoms with Gasteiger partial charge in [0.15, 0.2) is 5.78 Å². The molecule has 0 aliphatic rings. The Bertz CT molecular complexity index is 828. The molecule has 0 aliphatic heterocycles. The Morgan fingerprint density at radius 2 is 2.15 bits per heavy atom.